The Morgan fingerprint density at radius 3 is 2.82 bits per heavy atom. The highest BCUT2D eigenvalue weighted by molar-refractivity contribution is 7.13. The zero-order valence-electron chi connectivity index (χ0n) is 14.5. The third-order valence-electron chi connectivity index (χ3n) is 4.78. The number of aryl methyl sites for hydroxylation is 1. The van der Waals surface area contributed by atoms with Gasteiger partial charge in [0.15, 0.2) is 10.6 Å². The molecular formula is C20H12ClN3O3S. The topological polar surface area (TPSA) is 76.3 Å². The molecule has 0 saturated heterocycles. The van der Waals surface area contributed by atoms with E-state index in [2.05, 4.69) is 9.97 Å². The Kier molecular flexibility index (Phi) is 3.82. The molecule has 1 unspecified atom stereocenters. The van der Waals surface area contributed by atoms with E-state index in [0.717, 1.165) is 5.56 Å². The van der Waals surface area contributed by atoms with Gasteiger partial charge in [-0.3, -0.25) is 19.5 Å². The van der Waals surface area contributed by atoms with Gasteiger partial charge in [-0.25, -0.2) is 4.98 Å². The fraction of sp³-hybridized carbons (Fsp3) is 0.100. The molecule has 0 fully saturated rings. The van der Waals surface area contributed by atoms with Gasteiger partial charge < -0.3 is 4.42 Å². The highest BCUT2D eigenvalue weighted by Gasteiger charge is 2.44. The van der Waals surface area contributed by atoms with Gasteiger partial charge in [-0.05, 0) is 36.2 Å². The van der Waals surface area contributed by atoms with E-state index in [0.29, 0.717) is 26.7 Å². The maximum absolute atomic E-state index is 13.4. The lowest BCUT2D eigenvalue weighted by Crippen LogP contribution is -2.29. The first-order valence-electron chi connectivity index (χ1n) is 8.46. The van der Waals surface area contributed by atoms with Crippen molar-refractivity contribution in [1.29, 1.82) is 0 Å². The van der Waals surface area contributed by atoms with Crippen LogP contribution >= 0.6 is 22.9 Å². The molecule has 0 spiro atoms. The molecule has 28 heavy (non-hydrogen) atoms. The van der Waals surface area contributed by atoms with Crippen molar-refractivity contribution in [3.8, 4) is 0 Å². The van der Waals surface area contributed by atoms with E-state index in [9.17, 15) is 9.59 Å². The highest BCUT2D eigenvalue weighted by atomic mass is 35.5. The van der Waals surface area contributed by atoms with Crippen molar-refractivity contribution in [2.45, 2.75) is 13.0 Å². The third kappa shape index (κ3) is 2.40. The summed E-state index contributed by atoms with van der Waals surface area (Å²) in [6.45, 7) is 1.82. The molecule has 0 aliphatic carbocycles. The first-order valence-corrected chi connectivity index (χ1v) is 9.72. The maximum Gasteiger partial charge on any atom is 0.297 e. The number of carbonyl (C=O) groups excluding carboxylic acids is 1. The predicted octanol–water partition coefficient (Wildman–Crippen LogP) is 4.36. The summed E-state index contributed by atoms with van der Waals surface area (Å²) >= 11 is 7.54. The summed E-state index contributed by atoms with van der Waals surface area (Å²) < 4.78 is 5.92. The molecule has 1 aromatic carbocycles. The summed E-state index contributed by atoms with van der Waals surface area (Å²) in [5, 5.41) is 3.08. The van der Waals surface area contributed by atoms with Crippen molar-refractivity contribution >= 4 is 44.9 Å². The van der Waals surface area contributed by atoms with Crippen LogP contribution in [0.2, 0.25) is 5.02 Å². The van der Waals surface area contributed by atoms with Crippen LogP contribution in [-0.2, 0) is 0 Å². The number of carbonyl (C=O) groups is 1. The predicted molar refractivity (Wildman–Crippen MR) is 107 cm³/mol. The average molecular weight is 410 g/mol. The lowest BCUT2D eigenvalue weighted by molar-refractivity contribution is 0.0971. The van der Waals surface area contributed by atoms with E-state index in [-0.39, 0.29) is 16.8 Å². The number of halogens is 1. The minimum Gasteiger partial charge on any atom is -0.450 e. The van der Waals surface area contributed by atoms with Crippen LogP contribution in [-0.4, -0.2) is 15.9 Å². The van der Waals surface area contributed by atoms with E-state index in [1.807, 2.05) is 13.0 Å². The van der Waals surface area contributed by atoms with Gasteiger partial charge in [0.1, 0.15) is 5.58 Å². The summed E-state index contributed by atoms with van der Waals surface area (Å²) in [6.07, 6.45) is 4.89. The molecular weight excluding hydrogens is 398 g/mol. The van der Waals surface area contributed by atoms with E-state index in [1.165, 1.54) is 16.2 Å². The minimum absolute atomic E-state index is 0.0308. The van der Waals surface area contributed by atoms with Crippen molar-refractivity contribution in [3.63, 3.8) is 0 Å². The van der Waals surface area contributed by atoms with Crippen LogP contribution in [0.5, 0.6) is 0 Å². The Labute approximate surface area is 168 Å². The van der Waals surface area contributed by atoms with Crippen LogP contribution in [0, 0.1) is 6.92 Å². The lowest BCUT2D eigenvalue weighted by Gasteiger charge is -2.22. The fourth-order valence-corrected chi connectivity index (χ4v) is 4.31. The Bertz CT molecular complexity index is 1290. The van der Waals surface area contributed by atoms with Crippen molar-refractivity contribution in [1.82, 2.24) is 9.97 Å². The van der Waals surface area contributed by atoms with Crippen LogP contribution < -0.4 is 10.3 Å². The van der Waals surface area contributed by atoms with Gasteiger partial charge in [0.2, 0.25) is 5.76 Å². The second kappa shape index (κ2) is 6.25. The van der Waals surface area contributed by atoms with E-state index in [1.54, 1.807) is 42.2 Å². The van der Waals surface area contributed by atoms with Gasteiger partial charge in [-0.1, -0.05) is 17.7 Å². The first-order chi connectivity index (χ1) is 13.6. The number of benzene rings is 1. The summed E-state index contributed by atoms with van der Waals surface area (Å²) in [5.41, 5.74) is 1.81. The minimum atomic E-state index is -0.664. The summed E-state index contributed by atoms with van der Waals surface area (Å²) in [6, 6.07) is 6.20. The van der Waals surface area contributed by atoms with Crippen LogP contribution in [0.3, 0.4) is 0 Å². The average Bonchev–Trinajstić information content (AvgIpc) is 3.31. The molecule has 6 nitrogen and oxygen atoms in total. The molecule has 1 amide bonds. The molecule has 1 aliphatic rings. The van der Waals surface area contributed by atoms with Gasteiger partial charge in [0.05, 0.1) is 17.0 Å². The summed E-state index contributed by atoms with van der Waals surface area (Å²) in [7, 11) is 0. The van der Waals surface area contributed by atoms with Crippen molar-refractivity contribution in [3.05, 3.63) is 85.9 Å². The van der Waals surface area contributed by atoms with Gasteiger partial charge in [0.25, 0.3) is 5.91 Å². The van der Waals surface area contributed by atoms with Crippen molar-refractivity contribution in [2.75, 3.05) is 4.90 Å². The molecule has 4 heterocycles. The second-order valence-electron chi connectivity index (χ2n) is 6.45. The number of fused-ring (bicyclic) bond motifs is 2. The summed E-state index contributed by atoms with van der Waals surface area (Å²) in [4.78, 5) is 36.5. The number of hydrogen-bond acceptors (Lipinski definition) is 6. The second-order valence-corrected chi connectivity index (χ2v) is 7.73. The fourth-order valence-electron chi connectivity index (χ4n) is 3.48. The normalized spacial score (nSPS) is 16.0. The SMILES string of the molecule is Cc1cc2oc3c(c(=O)c2cc1Cl)C(c1cccnc1)N(c1nccs1)C3=O. The number of aromatic nitrogens is 2. The maximum atomic E-state index is 13.4. The number of amides is 1. The lowest BCUT2D eigenvalue weighted by atomic mass is 10.00. The number of hydrogen-bond donors (Lipinski definition) is 0. The Balaban J connectivity index is 1.85. The van der Waals surface area contributed by atoms with Gasteiger partial charge in [-0.15, -0.1) is 11.3 Å². The molecule has 0 radical (unpaired) electrons. The standard InChI is InChI=1S/C20H12ClN3O3S/c1-10-7-14-12(8-13(10)21)17(25)15-16(11-3-2-4-22-9-11)24(19(26)18(15)27-14)20-23-5-6-28-20/h2-9,16H,1H3. The van der Waals surface area contributed by atoms with Crippen molar-refractivity contribution in [2.24, 2.45) is 0 Å². The smallest absolute Gasteiger partial charge is 0.297 e. The zero-order chi connectivity index (χ0) is 19.4. The monoisotopic (exact) mass is 409 g/mol. The summed E-state index contributed by atoms with van der Waals surface area (Å²) in [5.74, 6) is -0.367. The third-order valence-corrected chi connectivity index (χ3v) is 5.95. The number of rotatable bonds is 2. The van der Waals surface area contributed by atoms with Crippen LogP contribution in [0.4, 0.5) is 5.13 Å². The molecule has 8 heteroatoms. The number of anilines is 1. The van der Waals surface area contributed by atoms with Gasteiger partial charge >= 0.3 is 0 Å². The molecule has 1 aliphatic heterocycles. The molecule has 1 atom stereocenters. The van der Waals surface area contributed by atoms with Crippen LogP contribution in [0.15, 0.2) is 57.4 Å². The number of thiazole rings is 1. The largest absolute Gasteiger partial charge is 0.450 e. The molecule has 0 saturated carbocycles. The van der Waals surface area contributed by atoms with Crippen LogP contribution in [0.25, 0.3) is 11.0 Å². The van der Waals surface area contributed by atoms with Crippen LogP contribution in [0.1, 0.15) is 33.3 Å². The molecule has 5 rings (SSSR count). The van der Waals surface area contributed by atoms with Gasteiger partial charge in [-0.2, -0.15) is 0 Å². The van der Waals surface area contributed by atoms with Crippen molar-refractivity contribution < 1.29 is 9.21 Å². The molecule has 0 N–H and O–H groups in total. The Morgan fingerprint density at radius 1 is 1.25 bits per heavy atom. The van der Waals surface area contributed by atoms with Gasteiger partial charge in [0, 0.05) is 29.0 Å². The molecule has 0 bridgehead atoms. The Morgan fingerprint density at radius 2 is 2.11 bits per heavy atom. The molecule has 3 aromatic heterocycles. The van der Waals surface area contributed by atoms with E-state index >= 15 is 0 Å². The molecule has 138 valence electrons. The number of pyridine rings is 1. The molecule has 4 aromatic rings. The number of nitrogens with zero attached hydrogens (tertiary/aromatic N) is 3. The first kappa shape index (κ1) is 17.1. The zero-order valence-corrected chi connectivity index (χ0v) is 16.1. The highest BCUT2D eigenvalue weighted by Crippen LogP contribution is 2.41. The van der Waals surface area contributed by atoms with E-state index < -0.39 is 11.9 Å². The quantitative estimate of drug-likeness (QED) is 0.491. The Hall–Kier alpha value is -3.03. The van der Waals surface area contributed by atoms with E-state index in [4.69, 9.17) is 16.0 Å².